The van der Waals surface area contributed by atoms with Crippen molar-refractivity contribution in [3.05, 3.63) is 30.5 Å². The second kappa shape index (κ2) is 4.06. The first kappa shape index (κ1) is 10.2. The smallest absolute Gasteiger partial charge is 0.0482 e. The highest BCUT2D eigenvalue weighted by Crippen LogP contribution is 2.18. The van der Waals surface area contributed by atoms with Crippen LogP contribution < -0.4 is 5.73 Å². The lowest BCUT2D eigenvalue weighted by Crippen LogP contribution is -2.04. The molecule has 1 atom stereocenters. The van der Waals surface area contributed by atoms with Crippen LogP contribution in [-0.4, -0.2) is 20.8 Å². The quantitative estimate of drug-likeness (QED) is 0.802. The van der Waals surface area contributed by atoms with Gasteiger partial charge in [0.25, 0.3) is 0 Å². The Bertz CT molecular complexity index is 504. The summed E-state index contributed by atoms with van der Waals surface area (Å²) < 4.78 is 13.1. The topological polar surface area (TPSA) is 48.0 Å². The Labute approximate surface area is 91.3 Å². The van der Waals surface area contributed by atoms with Crippen molar-refractivity contribution >= 4 is 27.4 Å². The fourth-order valence-electron chi connectivity index (χ4n) is 1.64. The van der Waals surface area contributed by atoms with E-state index in [-0.39, 0.29) is 0 Å². The van der Waals surface area contributed by atoms with Crippen LogP contribution in [0.5, 0.6) is 0 Å². The molecule has 4 heteroatoms. The van der Waals surface area contributed by atoms with Crippen molar-refractivity contribution in [3.63, 3.8) is 0 Å². The van der Waals surface area contributed by atoms with E-state index in [4.69, 9.17) is 5.73 Å². The van der Waals surface area contributed by atoms with E-state index in [9.17, 15) is 4.21 Å². The van der Waals surface area contributed by atoms with Gasteiger partial charge in [-0.05, 0) is 24.3 Å². The first-order valence-corrected chi connectivity index (χ1v) is 6.54. The van der Waals surface area contributed by atoms with Gasteiger partial charge >= 0.3 is 0 Å². The molecule has 1 aromatic carbocycles. The third kappa shape index (κ3) is 2.21. The van der Waals surface area contributed by atoms with E-state index in [1.54, 1.807) is 6.26 Å². The number of fused-ring (bicyclic) bond motifs is 1. The first-order valence-electron chi connectivity index (χ1n) is 4.81. The molecule has 0 radical (unpaired) electrons. The molecule has 0 saturated heterocycles. The van der Waals surface area contributed by atoms with Crippen molar-refractivity contribution in [1.82, 2.24) is 4.57 Å². The van der Waals surface area contributed by atoms with Crippen molar-refractivity contribution in [3.8, 4) is 0 Å². The molecular weight excluding hydrogens is 208 g/mol. The molecule has 2 aromatic rings. The van der Waals surface area contributed by atoms with Gasteiger partial charge in [0.1, 0.15) is 0 Å². The number of rotatable bonds is 3. The molecule has 1 aromatic heterocycles. The highest BCUT2D eigenvalue weighted by Gasteiger charge is 2.01. The summed E-state index contributed by atoms with van der Waals surface area (Å²) in [5.74, 6) is 0.689. The zero-order chi connectivity index (χ0) is 10.8. The number of aromatic nitrogens is 1. The summed E-state index contributed by atoms with van der Waals surface area (Å²) in [4.78, 5) is 0. The molecule has 2 N–H and O–H groups in total. The molecule has 1 heterocycles. The average Bonchev–Trinajstić information content (AvgIpc) is 2.57. The van der Waals surface area contributed by atoms with E-state index in [1.807, 2.05) is 30.5 Å². The average molecular weight is 222 g/mol. The highest BCUT2D eigenvalue weighted by molar-refractivity contribution is 7.84. The number of hydrogen-bond acceptors (Lipinski definition) is 2. The van der Waals surface area contributed by atoms with Crippen LogP contribution in [0.1, 0.15) is 0 Å². The number of hydrogen-bond donors (Lipinski definition) is 1. The van der Waals surface area contributed by atoms with Gasteiger partial charge in [-0.2, -0.15) is 0 Å². The van der Waals surface area contributed by atoms with E-state index in [0.29, 0.717) is 5.75 Å². The Morgan fingerprint density at radius 1 is 1.40 bits per heavy atom. The Kier molecular flexibility index (Phi) is 2.77. The van der Waals surface area contributed by atoms with Crippen LogP contribution >= 0.6 is 0 Å². The van der Waals surface area contributed by atoms with Crippen molar-refractivity contribution in [2.45, 2.75) is 6.54 Å². The third-order valence-corrected chi connectivity index (χ3v) is 3.17. The Balaban J connectivity index is 2.32. The van der Waals surface area contributed by atoms with Gasteiger partial charge in [-0.15, -0.1) is 0 Å². The standard InChI is InChI=1S/C11H14N2OS/c1-15(14)7-6-13-5-4-9-8-10(12)2-3-11(9)13/h2-5,8H,6-7,12H2,1H3. The zero-order valence-corrected chi connectivity index (χ0v) is 9.46. The molecule has 0 fully saturated rings. The van der Waals surface area contributed by atoms with Gasteiger partial charge in [0.05, 0.1) is 0 Å². The third-order valence-electron chi connectivity index (χ3n) is 2.41. The van der Waals surface area contributed by atoms with Crippen LogP contribution in [0.25, 0.3) is 10.9 Å². The van der Waals surface area contributed by atoms with E-state index in [1.165, 1.54) is 0 Å². The molecule has 1 unspecified atom stereocenters. The van der Waals surface area contributed by atoms with Gasteiger partial charge < -0.3 is 10.3 Å². The van der Waals surface area contributed by atoms with Crippen LogP contribution in [0.15, 0.2) is 30.5 Å². The minimum atomic E-state index is -0.743. The predicted octanol–water partition coefficient (Wildman–Crippen LogP) is 1.60. The lowest BCUT2D eigenvalue weighted by Gasteiger charge is -2.03. The lowest BCUT2D eigenvalue weighted by atomic mass is 10.2. The molecule has 0 bridgehead atoms. The number of nitrogens with two attached hydrogens (primary N) is 1. The number of nitrogen functional groups attached to an aromatic ring is 1. The minimum Gasteiger partial charge on any atom is -0.399 e. The second-order valence-corrected chi connectivity index (χ2v) is 5.16. The summed E-state index contributed by atoms with van der Waals surface area (Å²) in [5, 5.41) is 1.14. The van der Waals surface area contributed by atoms with Crippen LogP contribution in [0.4, 0.5) is 5.69 Å². The summed E-state index contributed by atoms with van der Waals surface area (Å²) in [6.07, 6.45) is 3.74. The Morgan fingerprint density at radius 2 is 2.20 bits per heavy atom. The monoisotopic (exact) mass is 222 g/mol. The SMILES string of the molecule is CS(=O)CCn1ccc2cc(N)ccc21. The summed E-state index contributed by atoms with van der Waals surface area (Å²) in [5.41, 5.74) is 7.62. The molecule has 0 aliphatic heterocycles. The maximum Gasteiger partial charge on any atom is 0.0482 e. The zero-order valence-electron chi connectivity index (χ0n) is 8.64. The summed E-state index contributed by atoms with van der Waals surface area (Å²) >= 11 is 0. The lowest BCUT2D eigenvalue weighted by molar-refractivity contribution is 0.680. The molecule has 15 heavy (non-hydrogen) atoms. The highest BCUT2D eigenvalue weighted by atomic mass is 32.2. The van der Waals surface area contributed by atoms with Crippen molar-refractivity contribution < 1.29 is 4.21 Å². The fourth-order valence-corrected chi connectivity index (χ4v) is 2.09. The van der Waals surface area contributed by atoms with Gasteiger partial charge in [0.2, 0.25) is 0 Å². The van der Waals surface area contributed by atoms with Crippen LogP contribution in [0.2, 0.25) is 0 Å². The fraction of sp³-hybridized carbons (Fsp3) is 0.273. The molecule has 0 spiro atoms. The maximum atomic E-state index is 11.0. The van der Waals surface area contributed by atoms with Crippen LogP contribution in [0.3, 0.4) is 0 Å². The molecule has 0 aliphatic carbocycles. The summed E-state index contributed by atoms with van der Waals surface area (Å²) in [7, 11) is -0.743. The number of anilines is 1. The van der Waals surface area contributed by atoms with Gasteiger partial charge in [-0.3, -0.25) is 4.21 Å². The normalized spacial score (nSPS) is 13.1. The van der Waals surface area contributed by atoms with Gasteiger partial charge in [0, 0.05) is 52.1 Å². The van der Waals surface area contributed by atoms with E-state index in [2.05, 4.69) is 4.57 Å². The van der Waals surface area contributed by atoms with E-state index >= 15 is 0 Å². The van der Waals surface area contributed by atoms with E-state index < -0.39 is 10.8 Å². The van der Waals surface area contributed by atoms with Gasteiger partial charge in [-0.25, -0.2) is 0 Å². The molecular formula is C11H14N2OS. The van der Waals surface area contributed by atoms with Crippen LogP contribution in [-0.2, 0) is 17.3 Å². The molecule has 3 nitrogen and oxygen atoms in total. The Hall–Kier alpha value is -1.29. The minimum absolute atomic E-state index is 0.689. The van der Waals surface area contributed by atoms with E-state index in [0.717, 1.165) is 23.1 Å². The van der Waals surface area contributed by atoms with Crippen molar-refractivity contribution in [2.75, 3.05) is 17.7 Å². The molecule has 80 valence electrons. The number of nitrogens with zero attached hydrogens (tertiary/aromatic N) is 1. The molecule has 0 saturated carbocycles. The Morgan fingerprint density at radius 3 is 2.93 bits per heavy atom. The molecule has 0 aliphatic rings. The van der Waals surface area contributed by atoms with Crippen molar-refractivity contribution in [1.29, 1.82) is 0 Å². The maximum absolute atomic E-state index is 11.0. The predicted molar refractivity (Wildman–Crippen MR) is 65.3 cm³/mol. The summed E-state index contributed by atoms with van der Waals surface area (Å²) in [6, 6.07) is 7.88. The number of aryl methyl sites for hydroxylation is 1. The molecule has 0 amide bonds. The van der Waals surface area contributed by atoms with Gasteiger partial charge in [0.15, 0.2) is 0 Å². The molecule has 2 rings (SSSR count). The van der Waals surface area contributed by atoms with Crippen molar-refractivity contribution in [2.24, 2.45) is 0 Å². The van der Waals surface area contributed by atoms with Crippen LogP contribution in [0, 0.1) is 0 Å². The second-order valence-electron chi connectivity index (χ2n) is 3.60. The largest absolute Gasteiger partial charge is 0.399 e. The van der Waals surface area contributed by atoms with Gasteiger partial charge in [-0.1, -0.05) is 0 Å². The number of benzene rings is 1. The first-order chi connectivity index (χ1) is 7.16. The summed E-state index contributed by atoms with van der Waals surface area (Å²) in [6.45, 7) is 0.788.